The molecule has 0 bridgehead atoms. The van der Waals surface area contributed by atoms with Crippen molar-refractivity contribution in [3.63, 3.8) is 0 Å². The van der Waals surface area contributed by atoms with Gasteiger partial charge in [-0.25, -0.2) is 13.1 Å². The lowest BCUT2D eigenvalue weighted by atomic mass is 10.3. The minimum absolute atomic E-state index is 0.128. The molecular weight excluding hydrogens is 372 g/mol. The van der Waals surface area contributed by atoms with Crippen molar-refractivity contribution in [2.75, 3.05) is 25.5 Å². The van der Waals surface area contributed by atoms with Crippen molar-refractivity contribution in [1.29, 1.82) is 0 Å². The number of nitrogens with two attached hydrogens (primary N) is 1. The third kappa shape index (κ3) is 5.38. The van der Waals surface area contributed by atoms with Gasteiger partial charge in [0.15, 0.2) is 5.96 Å². The second-order valence-electron chi connectivity index (χ2n) is 4.58. The van der Waals surface area contributed by atoms with E-state index in [9.17, 15) is 8.42 Å². The highest BCUT2D eigenvalue weighted by Crippen LogP contribution is 2.25. The molecule has 2 aromatic rings. The molecule has 4 N–H and O–H groups in total. The minimum atomic E-state index is -3.56. The molecule has 0 saturated heterocycles. The van der Waals surface area contributed by atoms with Crippen LogP contribution in [0.1, 0.15) is 0 Å². The molecule has 7 nitrogen and oxygen atoms in total. The number of halogens is 1. The van der Waals surface area contributed by atoms with Gasteiger partial charge in [0, 0.05) is 12.2 Å². The number of nitrogens with zero attached hydrogens (tertiary/aromatic N) is 1. The molecule has 24 heavy (non-hydrogen) atoms. The molecule has 0 fully saturated rings. The summed E-state index contributed by atoms with van der Waals surface area (Å²) in [6.45, 7) is 0.330. The SMILES string of the molecule is COc1ccc(NC(N)=NCCNS(=O)(=O)c2ccc(Cl)s2)cc1. The fourth-order valence-corrected chi connectivity index (χ4v) is 4.28. The van der Waals surface area contributed by atoms with E-state index in [1.54, 1.807) is 31.4 Å². The Hall–Kier alpha value is -1.81. The molecular formula is C14H17ClN4O3S2. The molecule has 10 heteroatoms. The maximum Gasteiger partial charge on any atom is 0.250 e. The van der Waals surface area contributed by atoms with Crippen molar-refractivity contribution in [3.05, 3.63) is 40.7 Å². The van der Waals surface area contributed by atoms with E-state index in [0.29, 0.717) is 4.34 Å². The number of guanidine groups is 1. The largest absolute Gasteiger partial charge is 0.497 e. The van der Waals surface area contributed by atoms with Crippen LogP contribution < -0.4 is 20.5 Å². The van der Waals surface area contributed by atoms with Crippen LogP contribution >= 0.6 is 22.9 Å². The van der Waals surface area contributed by atoms with Gasteiger partial charge in [0.05, 0.1) is 18.0 Å². The van der Waals surface area contributed by atoms with Crippen molar-refractivity contribution < 1.29 is 13.2 Å². The summed E-state index contributed by atoms with van der Waals surface area (Å²) in [5.74, 6) is 0.928. The summed E-state index contributed by atoms with van der Waals surface area (Å²) in [5, 5.41) is 2.91. The van der Waals surface area contributed by atoms with Crippen molar-refractivity contribution in [2.24, 2.45) is 10.7 Å². The molecule has 0 aliphatic carbocycles. The topological polar surface area (TPSA) is 106 Å². The Morgan fingerprint density at radius 1 is 1.29 bits per heavy atom. The number of methoxy groups -OCH3 is 1. The van der Waals surface area contributed by atoms with Crippen LogP contribution in [0.3, 0.4) is 0 Å². The van der Waals surface area contributed by atoms with Crippen LogP contribution in [-0.4, -0.2) is 34.6 Å². The van der Waals surface area contributed by atoms with Crippen LogP contribution in [0.2, 0.25) is 4.34 Å². The number of thiophene rings is 1. The zero-order valence-electron chi connectivity index (χ0n) is 12.8. The summed E-state index contributed by atoms with van der Waals surface area (Å²) in [5.41, 5.74) is 6.51. The molecule has 1 aromatic carbocycles. The van der Waals surface area contributed by atoms with Crippen LogP contribution in [0.4, 0.5) is 5.69 Å². The van der Waals surface area contributed by atoms with Gasteiger partial charge in [-0.2, -0.15) is 0 Å². The Morgan fingerprint density at radius 3 is 2.58 bits per heavy atom. The van der Waals surface area contributed by atoms with Gasteiger partial charge in [-0.15, -0.1) is 11.3 Å². The van der Waals surface area contributed by atoms with E-state index in [-0.39, 0.29) is 23.3 Å². The Morgan fingerprint density at radius 2 is 2.00 bits per heavy atom. The zero-order valence-corrected chi connectivity index (χ0v) is 15.2. The van der Waals surface area contributed by atoms with Crippen LogP contribution in [0.5, 0.6) is 5.75 Å². The summed E-state index contributed by atoms with van der Waals surface area (Å²) in [4.78, 5) is 4.07. The van der Waals surface area contributed by atoms with Crippen LogP contribution in [0, 0.1) is 0 Å². The van der Waals surface area contributed by atoms with Gasteiger partial charge < -0.3 is 15.8 Å². The second kappa shape index (κ2) is 8.34. The molecule has 0 unspecified atom stereocenters. The molecule has 2 rings (SSSR count). The van der Waals surface area contributed by atoms with Gasteiger partial charge in [-0.1, -0.05) is 11.6 Å². The Bertz CT molecular complexity index is 804. The van der Waals surface area contributed by atoms with Gasteiger partial charge in [0.25, 0.3) is 0 Å². The fraction of sp³-hybridized carbons (Fsp3) is 0.214. The maximum absolute atomic E-state index is 12.0. The highest BCUT2D eigenvalue weighted by atomic mass is 35.5. The fourth-order valence-electron chi connectivity index (χ4n) is 1.73. The number of anilines is 1. The standard InChI is InChI=1S/C14H17ClN4O3S2/c1-22-11-4-2-10(3-5-11)19-14(16)17-8-9-18-24(20,21)13-7-6-12(15)23-13/h2-7,18H,8-9H2,1H3,(H3,16,17,19). The van der Waals surface area contributed by atoms with Crippen molar-refractivity contribution in [2.45, 2.75) is 4.21 Å². The molecule has 0 amide bonds. The van der Waals surface area contributed by atoms with Gasteiger partial charge in [0.2, 0.25) is 10.0 Å². The third-order valence-electron chi connectivity index (χ3n) is 2.86. The number of rotatable bonds is 7. The van der Waals surface area contributed by atoms with Crippen molar-refractivity contribution in [3.8, 4) is 5.75 Å². The number of sulfonamides is 1. The molecule has 0 atom stereocenters. The minimum Gasteiger partial charge on any atom is -0.497 e. The Kier molecular flexibility index (Phi) is 6.44. The first-order valence-electron chi connectivity index (χ1n) is 6.87. The van der Waals surface area contributed by atoms with E-state index in [4.69, 9.17) is 22.1 Å². The number of hydrogen-bond donors (Lipinski definition) is 3. The predicted molar refractivity (Wildman–Crippen MR) is 97.6 cm³/mol. The summed E-state index contributed by atoms with van der Waals surface area (Å²) in [6.07, 6.45) is 0. The van der Waals surface area contributed by atoms with E-state index in [0.717, 1.165) is 22.8 Å². The van der Waals surface area contributed by atoms with Gasteiger partial charge in [-0.3, -0.25) is 4.99 Å². The summed E-state index contributed by atoms with van der Waals surface area (Å²) in [6, 6.07) is 10.2. The number of ether oxygens (including phenoxy) is 1. The van der Waals surface area contributed by atoms with Crippen molar-refractivity contribution >= 4 is 44.6 Å². The number of nitrogens with one attached hydrogen (secondary N) is 2. The third-order valence-corrected chi connectivity index (χ3v) is 6.05. The molecule has 0 spiro atoms. The quantitative estimate of drug-likeness (QED) is 0.382. The van der Waals surface area contributed by atoms with Crippen LogP contribution in [0.25, 0.3) is 0 Å². The zero-order chi connectivity index (χ0) is 17.6. The second-order valence-corrected chi connectivity index (χ2v) is 8.29. The maximum atomic E-state index is 12.0. The molecule has 0 aliphatic rings. The number of benzene rings is 1. The summed E-state index contributed by atoms with van der Waals surface area (Å²) in [7, 11) is -1.98. The molecule has 0 saturated carbocycles. The smallest absolute Gasteiger partial charge is 0.250 e. The van der Waals surface area contributed by atoms with E-state index in [1.165, 1.54) is 12.1 Å². The molecule has 0 aliphatic heterocycles. The van der Waals surface area contributed by atoms with E-state index < -0.39 is 10.0 Å². The molecule has 130 valence electrons. The number of aliphatic imine (C=N–C) groups is 1. The number of hydrogen-bond acceptors (Lipinski definition) is 5. The summed E-state index contributed by atoms with van der Waals surface area (Å²) >= 11 is 6.73. The van der Waals surface area contributed by atoms with E-state index >= 15 is 0 Å². The summed E-state index contributed by atoms with van der Waals surface area (Å²) < 4.78 is 32.0. The average molecular weight is 389 g/mol. The first-order valence-corrected chi connectivity index (χ1v) is 9.54. The van der Waals surface area contributed by atoms with Crippen LogP contribution in [0.15, 0.2) is 45.6 Å². The predicted octanol–water partition coefficient (Wildman–Crippen LogP) is 2.12. The molecule has 1 aromatic heterocycles. The monoisotopic (exact) mass is 388 g/mol. The highest BCUT2D eigenvalue weighted by Gasteiger charge is 2.15. The van der Waals surface area contributed by atoms with E-state index in [2.05, 4.69) is 15.0 Å². The van der Waals surface area contributed by atoms with Crippen molar-refractivity contribution in [1.82, 2.24) is 4.72 Å². The van der Waals surface area contributed by atoms with Crippen LogP contribution in [-0.2, 0) is 10.0 Å². The first kappa shape index (κ1) is 18.5. The van der Waals surface area contributed by atoms with Gasteiger partial charge in [-0.05, 0) is 36.4 Å². The van der Waals surface area contributed by atoms with Gasteiger partial charge >= 0.3 is 0 Å². The highest BCUT2D eigenvalue weighted by molar-refractivity contribution is 7.91. The molecule has 1 heterocycles. The lowest BCUT2D eigenvalue weighted by Gasteiger charge is -2.07. The van der Waals surface area contributed by atoms with E-state index in [1.807, 2.05) is 0 Å². The lowest BCUT2D eigenvalue weighted by Crippen LogP contribution is -2.28. The Labute approximate surface area is 149 Å². The average Bonchev–Trinajstić information content (AvgIpc) is 3.00. The normalized spacial score (nSPS) is 12.2. The lowest BCUT2D eigenvalue weighted by molar-refractivity contribution is 0.415. The first-order chi connectivity index (χ1) is 11.4. The Balaban J connectivity index is 1.82. The molecule has 0 radical (unpaired) electrons. The van der Waals surface area contributed by atoms with Gasteiger partial charge in [0.1, 0.15) is 9.96 Å².